The summed E-state index contributed by atoms with van der Waals surface area (Å²) in [7, 11) is -2.60. The Balaban J connectivity index is 2.80. The molecule has 0 aromatic heterocycles. The van der Waals surface area contributed by atoms with Crippen molar-refractivity contribution in [2.75, 3.05) is 4.43 Å². The van der Waals surface area contributed by atoms with E-state index >= 15 is 0 Å². The molecule has 1 fully saturated rings. The number of hydrogen-bond acceptors (Lipinski definition) is 2. The molecule has 0 amide bonds. The van der Waals surface area contributed by atoms with Crippen LogP contribution in [0.5, 0.6) is 0 Å². The van der Waals surface area contributed by atoms with Gasteiger partial charge in [-0.3, -0.25) is 0 Å². The molecule has 1 aliphatic heterocycles. The first-order valence-electron chi connectivity index (χ1n) is 3.39. The van der Waals surface area contributed by atoms with E-state index in [1.165, 1.54) is 0 Å². The standard InChI is InChI=1S/C6H12IO2S/c1-5-3-4-7-10(8,9)6(5)2/h5-6H,3-4H2,1-2H3/q-1. The summed E-state index contributed by atoms with van der Waals surface area (Å²) in [6.07, 6.45) is 1.12. The minimum absolute atomic E-state index is 0.0611. The topological polar surface area (TPSA) is 34.1 Å². The van der Waals surface area contributed by atoms with Gasteiger partial charge in [-0.05, 0) is 0 Å². The summed E-state index contributed by atoms with van der Waals surface area (Å²) in [5.41, 5.74) is 0. The molecule has 10 heavy (non-hydrogen) atoms. The Morgan fingerprint density at radius 2 is 2.00 bits per heavy atom. The van der Waals surface area contributed by atoms with Crippen molar-refractivity contribution >= 4 is 7.01 Å². The van der Waals surface area contributed by atoms with E-state index in [9.17, 15) is 8.42 Å². The number of hydrogen-bond donors (Lipinski definition) is 0. The third-order valence-corrected chi connectivity index (χ3v) is 10.8. The van der Waals surface area contributed by atoms with Crippen molar-refractivity contribution in [3.05, 3.63) is 0 Å². The molecule has 2 atom stereocenters. The van der Waals surface area contributed by atoms with Gasteiger partial charge in [0, 0.05) is 0 Å². The molecular formula is C6H12IO2S-. The van der Waals surface area contributed by atoms with Gasteiger partial charge in [0.25, 0.3) is 0 Å². The molecule has 0 aromatic rings. The zero-order valence-corrected chi connectivity index (χ0v) is 9.15. The van der Waals surface area contributed by atoms with Crippen LogP contribution in [0.25, 0.3) is 0 Å². The Labute approximate surface area is 71.0 Å². The Hall–Kier alpha value is 0.680. The van der Waals surface area contributed by atoms with E-state index in [0.717, 1.165) is 10.8 Å². The van der Waals surface area contributed by atoms with Gasteiger partial charge < -0.3 is 0 Å². The predicted molar refractivity (Wildman–Crippen MR) is 37.0 cm³/mol. The van der Waals surface area contributed by atoms with Crippen LogP contribution in [0.15, 0.2) is 0 Å². The van der Waals surface area contributed by atoms with Gasteiger partial charge in [0.2, 0.25) is 0 Å². The van der Waals surface area contributed by atoms with Crippen LogP contribution in [0.4, 0.5) is 0 Å². The van der Waals surface area contributed by atoms with Crippen molar-refractivity contribution in [3.8, 4) is 0 Å². The summed E-state index contributed by atoms with van der Waals surface area (Å²) in [4.78, 5) is 0. The van der Waals surface area contributed by atoms with E-state index in [1.807, 2.05) is 13.8 Å². The molecule has 0 N–H and O–H groups in total. The average Bonchev–Trinajstić information content (AvgIpc) is 1.83. The van der Waals surface area contributed by atoms with Gasteiger partial charge in [0.05, 0.1) is 0 Å². The van der Waals surface area contributed by atoms with Crippen molar-refractivity contribution in [2.45, 2.75) is 25.5 Å². The molecule has 1 saturated heterocycles. The molecule has 0 bridgehead atoms. The van der Waals surface area contributed by atoms with Crippen LogP contribution in [0.1, 0.15) is 20.3 Å². The quantitative estimate of drug-likeness (QED) is 0.286. The molecule has 2 nitrogen and oxygen atoms in total. The third kappa shape index (κ3) is 1.64. The fraction of sp³-hybridized carbons (Fsp3) is 1.00. The van der Waals surface area contributed by atoms with Crippen molar-refractivity contribution in [1.82, 2.24) is 0 Å². The van der Waals surface area contributed by atoms with E-state index in [-0.39, 0.29) is 5.25 Å². The first-order valence-corrected chi connectivity index (χ1v) is 9.00. The Kier molecular flexibility index (Phi) is 2.60. The second-order valence-corrected chi connectivity index (χ2v) is 11.3. The number of alkyl halides is 1. The average molecular weight is 275 g/mol. The first-order chi connectivity index (χ1) is 4.54. The van der Waals surface area contributed by atoms with Gasteiger partial charge >= 0.3 is 71.1 Å². The summed E-state index contributed by atoms with van der Waals surface area (Å²) < 4.78 is 23.4. The molecule has 62 valence electrons. The van der Waals surface area contributed by atoms with Crippen molar-refractivity contribution in [1.29, 1.82) is 0 Å². The maximum atomic E-state index is 11.2. The van der Waals surface area contributed by atoms with Crippen LogP contribution < -0.4 is 19.8 Å². The van der Waals surface area contributed by atoms with Crippen LogP contribution in [-0.2, 0) is 7.01 Å². The minimum atomic E-state index is -2.60. The van der Waals surface area contributed by atoms with Crippen LogP contribution in [-0.4, -0.2) is 18.1 Å². The number of halogens is 1. The van der Waals surface area contributed by atoms with Crippen LogP contribution in [0, 0.1) is 5.92 Å². The van der Waals surface area contributed by atoms with Crippen molar-refractivity contribution in [2.24, 2.45) is 5.92 Å². The van der Waals surface area contributed by atoms with Crippen LogP contribution in [0.2, 0.25) is 0 Å². The molecule has 1 aliphatic rings. The second-order valence-electron chi connectivity index (χ2n) is 2.74. The molecule has 1 rings (SSSR count). The summed E-state index contributed by atoms with van der Waals surface area (Å²) in [6, 6.07) is 0. The van der Waals surface area contributed by atoms with E-state index < -0.39 is 26.8 Å². The van der Waals surface area contributed by atoms with Gasteiger partial charge in [-0.15, -0.1) is 0 Å². The van der Waals surface area contributed by atoms with Crippen LogP contribution in [0.3, 0.4) is 0 Å². The molecule has 0 aliphatic carbocycles. The molecule has 0 spiro atoms. The molecule has 1 heterocycles. The van der Waals surface area contributed by atoms with E-state index in [2.05, 4.69) is 0 Å². The summed E-state index contributed by atoms with van der Waals surface area (Å²) >= 11 is -0.527. The predicted octanol–water partition coefficient (Wildman–Crippen LogP) is -2.17. The Morgan fingerprint density at radius 3 is 2.40 bits per heavy atom. The molecule has 2 unspecified atom stereocenters. The Bertz CT molecular complexity index is 210. The Morgan fingerprint density at radius 1 is 1.40 bits per heavy atom. The normalized spacial score (nSPS) is 40.2. The fourth-order valence-corrected chi connectivity index (χ4v) is 8.92. The number of rotatable bonds is 0. The molecule has 4 heteroatoms. The van der Waals surface area contributed by atoms with Gasteiger partial charge in [0.15, 0.2) is 0 Å². The fourth-order valence-electron chi connectivity index (χ4n) is 0.936. The van der Waals surface area contributed by atoms with Crippen molar-refractivity contribution < 1.29 is 28.2 Å². The third-order valence-electron chi connectivity index (χ3n) is 2.04. The molecular weight excluding hydrogens is 263 g/mol. The maximum absolute atomic E-state index is 11.2. The summed E-state index contributed by atoms with van der Waals surface area (Å²) in [6.45, 7) is 3.88. The van der Waals surface area contributed by atoms with Gasteiger partial charge in [-0.2, -0.15) is 0 Å². The van der Waals surface area contributed by atoms with Gasteiger partial charge in [-0.1, -0.05) is 0 Å². The monoisotopic (exact) mass is 275 g/mol. The SMILES string of the molecule is CC1CC[I-]S(=O)(=O)C1C. The van der Waals surface area contributed by atoms with Gasteiger partial charge in [0.1, 0.15) is 0 Å². The van der Waals surface area contributed by atoms with E-state index in [0.29, 0.717) is 5.92 Å². The van der Waals surface area contributed by atoms with E-state index in [1.54, 1.807) is 0 Å². The van der Waals surface area contributed by atoms with Crippen molar-refractivity contribution in [3.63, 3.8) is 0 Å². The van der Waals surface area contributed by atoms with Crippen LogP contribution >= 0.6 is 0 Å². The van der Waals surface area contributed by atoms with Gasteiger partial charge in [-0.25, -0.2) is 0 Å². The molecule has 0 saturated carbocycles. The zero-order chi connectivity index (χ0) is 7.78. The molecule has 0 radical (unpaired) electrons. The second kappa shape index (κ2) is 2.97. The van der Waals surface area contributed by atoms with E-state index in [4.69, 9.17) is 0 Å². The first kappa shape index (κ1) is 8.77. The summed E-state index contributed by atoms with van der Waals surface area (Å²) in [5, 5.41) is -0.0611. The summed E-state index contributed by atoms with van der Waals surface area (Å²) in [5.74, 6) is 0.387. The molecule has 0 aromatic carbocycles. The zero-order valence-electron chi connectivity index (χ0n) is 6.17.